The summed E-state index contributed by atoms with van der Waals surface area (Å²) >= 11 is 7.71. The van der Waals surface area contributed by atoms with E-state index >= 15 is 4.39 Å². The first-order valence-corrected chi connectivity index (χ1v) is 11.8. The second-order valence-corrected chi connectivity index (χ2v) is 8.97. The third kappa shape index (κ3) is 4.18. The van der Waals surface area contributed by atoms with Crippen molar-refractivity contribution in [3.63, 3.8) is 0 Å². The third-order valence-corrected chi connectivity index (χ3v) is 6.52. The van der Waals surface area contributed by atoms with Crippen molar-refractivity contribution in [1.82, 2.24) is 19.5 Å². The van der Waals surface area contributed by atoms with Crippen LogP contribution in [0.2, 0.25) is 5.28 Å². The first-order valence-electron chi connectivity index (χ1n) is 10.4. The molecule has 8 nitrogen and oxygen atoms in total. The van der Waals surface area contributed by atoms with E-state index in [2.05, 4.69) is 15.0 Å². The Bertz CT molecular complexity index is 1310. The number of rotatable bonds is 6. The van der Waals surface area contributed by atoms with Gasteiger partial charge in [0.2, 0.25) is 5.28 Å². The number of imidazole rings is 1. The normalized spacial score (nSPS) is 22.4. The van der Waals surface area contributed by atoms with E-state index in [-0.39, 0.29) is 11.9 Å². The fourth-order valence-corrected chi connectivity index (χ4v) is 4.71. The number of benzene rings is 1. The summed E-state index contributed by atoms with van der Waals surface area (Å²) in [5.74, 6) is -0.554. The molecule has 3 aromatic heterocycles. The lowest BCUT2D eigenvalue weighted by Crippen LogP contribution is -2.32. The Hall–Kier alpha value is -2.92. The van der Waals surface area contributed by atoms with E-state index in [1.807, 2.05) is 23.8 Å². The van der Waals surface area contributed by atoms with E-state index in [9.17, 15) is 4.79 Å². The molecule has 176 valence electrons. The Morgan fingerprint density at radius 2 is 2.06 bits per heavy atom. The highest BCUT2D eigenvalue weighted by molar-refractivity contribution is 7.08. The maximum Gasteiger partial charge on any atom is 0.338 e. The molecule has 1 aromatic carbocycles. The fourth-order valence-electron chi connectivity index (χ4n) is 3.91. The molecular weight excluding hydrogens is 483 g/mol. The van der Waals surface area contributed by atoms with Gasteiger partial charge in [0.1, 0.15) is 30.0 Å². The van der Waals surface area contributed by atoms with E-state index in [1.54, 1.807) is 28.8 Å². The van der Waals surface area contributed by atoms with Gasteiger partial charge in [-0.15, -0.1) is 0 Å². The van der Waals surface area contributed by atoms with E-state index < -0.39 is 30.6 Å². The summed E-state index contributed by atoms with van der Waals surface area (Å²) in [5, 5.41) is 3.88. The topological polar surface area (TPSA) is 88.4 Å². The Labute approximate surface area is 203 Å². The molecule has 1 aliphatic rings. The number of ether oxygens (including phenoxy) is 3. The summed E-state index contributed by atoms with van der Waals surface area (Å²) in [7, 11) is 1.40. The average molecular weight is 503 g/mol. The van der Waals surface area contributed by atoms with Gasteiger partial charge >= 0.3 is 5.97 Å². The van der Waals surface area contributed by atoms with Crippen molar-refractivity contribution in [3.8, 4) is 11.3 Å². The minimum absolute atomic E-state index is 0.0304. The highest BCUT2D eigenvalue weighted by Gasteiger charge is 2.47. The molecule has 34 heavy (non-hydrogen) atoms. The van der Waals surface area contributed by atoms with E-state index in [1.165, 1.54) is 24.8 Å². The molecule has 0 saturated carbocycles. The summed E-state index contributed by atoms with van der Waals surface area (Å²) in [6.45, 7) is 1.65. The van der Waals surface area contributed by atoms with Gasteiger partial charge < -0.3 is 14.2 Å². The number of carbonyl (C=O) groups is 1. The number of thiophene rings is 1. The molecule has 0 unspecified atom stereocenters. The molecule has 0 spiro atoms. The van der Waals surface area contributed by atoms with Crippen LogP contribution in [0.15, 0.2) is 47.4 Å². The second kappa shape index (κ2) is 9.38. The number of nitrogens with zero attached hydrogens (tertiary/aromatic N) is 4. The van der Waals surface area contributed by atoms with E-state index in [4.69, 9.17) is 25.8 Å². The molecule has 0 aliphatic carbocycles. The van der Waals surface area contributed by atoms with Crippen LogP contribution in [-0.4, -0.2) is 57.6 Å². The molecule has 1 fully saturated rings. The van der Waals surface area contributed by atoms with Crippen LogP contribution in [0.5, 0.6) is 0 Å². The van der Waals surface area contributed by atoms with Crippen molar-refractivity contribution in [1.29, 1.82) is 0 Å². The van der Waals surface area contributed by atoms with Gasteiger partial charge in [-0.25, -0.2) is 19.2 Å². The highest BCUT2D eigenvalue weighted by Crippen LogP contribution is 2.37. The van der Waals surface area contributed by atoms with Gasteiger partial charge in [0.05, 0.1) is 11.9 Å². The molecule has 1 saturated heterocycles. The number of fused-ring (bicyclic) bond motifs is 1. The van der Waals surface area contributed by atoms with E-state index in [0.717, 1.165) is 11.1 Å². The molecule has 4 atom stereocenters. The summed E-state index contributed by atoms with van der Waals surface area (Å²) in [6, 6.07) is 8.83. The lowest BCUT2D eigenvalue weighted by Gasteiger charge is -2.19. The summed E-state index contributed by atoms with van der Waals surface area (Å²) in [5.41, 5.74) is 3.71. The van der Waals surface area contributed by atoms with Crippen molar-refractivity contribution in [2.24, 2.45) is 0 Å². The quantitative estimate of drug-likeness (QED) is 0.280. The number of esters is 1. The molecule has 4 aromatic rings. The van der Waals surface area contributed by atoms with Crippen LogP contribution in [0.4, 0.5) is 4.39 Å². The van der Waals surface area contributed by atoms with Crippen molar-refractivity contribution < 1.29 is 23.4 Å². The van der Waals surface area contributed by atoms with Crippen LogP contribution in [0.25, 0.3) is 22.4 Å². The molecule has 1 aliphatic heterocycles. The second-order valence-electron chi connectivity index (χ2n) is 7.85. The average Bonchev–Trinajstić information content (AvgIpc) is 3.56. The van der Waals surface area contributed by atoms with Crippen LogP contribution in [0.3, 0.4) is 0 Å². The SMILES string of the molecule is CO[C@@H]1[C@H](F)[C@@H](COC(=O)c2ccc(C)cc2)O[C@H]1n1cnc2c(-c3ccsc3)nc(Cl)nc21. The van der Waals surface area contributed by atoms with Gasteiger partial charge in [-0.05, 0) is 42.1 Å². The number of hydrogen-bond acceptors (Lipinski definition) is 8. The standard InChI is InChI=1S/C23H20ClFN4O4S/c1-12-3-5-13(6-4-12)22(30)32-9-15-16(25)19(31-2)21(33-15)29-11-26-18-17(14-7-8-34-10-14)27-23(24)28-20(18)29/h3-8,10-11,15-16,19,21H,9H2,1-2H3/t15-,16-,19-,21-/m1/s1. The van der Waals surface area contributed by atoms with Gasteiger partial charge in [-0.3, -0.25) is 4.57 Å². The van der Waals surface area contributed by atoms with Gasteiger partial charge in [0.15, 0.2) is 18.0 Å². The molecule has 0 radical (unpaired) electrons. The third-order valence-electron chi connectivity index (χ3n) is 5.67. The van der Waals surface area contributed by atoms with Gasteiger partial charge in [0.25, 0.3) is 0 Å². The largest absolute Gasteiger partial charge is 0.459 e. The predicted octanol–water partition coefficient (Wildman–Crippen LogP) is 4.62. The molecular formula is C23H20ClFN4O4S. The van der Waals surface area contributed by atoms with Crippen LogP contribution < -0.4 is 0 Å². The Morgan fingerprint density at radius 1 is 1.26 bits per heavy atom. The highest BCUT2D eigenvalue weighted by atomic mass is 35.5. The van der Waals surface area contributed by atoms with Crippen LogP contribution in [0, 0.1) is 6.92 Å². The van der Waals surface area contributed by atoms with Gasteiger partial charge in [0, 0.05) is 18.1 Å². The van der Waals surface area contributed by atoms with E-state index in [0.29, 0.717) is 22.4 Å². The fraction of sp³-hybridized carbons (Fsp3) is 0.304. The van der Waals surface area contributed by atoms with Gasteiger partial charge in [-0.1, -0.05) is 17.7 Å². The molecule has 4 heterocycles. The maximum atomic E-state index is 15.3. The summed E-state index contributed by atoms with van der Waals surface area (Å²) in [6.07, 6.45) is -2.95. The molecule has 0 amide bonds. The number of aryl methyl sites for hydroxylation is 1. The number of halogens is 2. The number of alkyl halides is 1. The Kier molecular flexibility index (Phi) is 6.30. The predicted molar refractivity (Wildman–Crippen MR) is 125 cm³/mol. The lowest BCUT2D eigenvalue weighted by molar-refractivity contribution is -0.0616. The van der Waals surface area contributed by atoms with Crippen molar-refractivity contribution in [2.75, 3.05) is 13.7 Å². The molecule has 0 bridgehead atoms. The van der Waals surface area contributed by atoms with Crippen LogP contribution in [-0.2, 0) is 14.2 Å². The number of methoxy groups -OCH3 is 1. The minimum Gasteiger partial charge on any atom is -0.459 e. The first kappa shape index (κ1) is 22.9. The van der Waals surface area contributed by atoms with Crippen LogP contribution in [0.1, 0.15) is 22.1 Å². The maximum absolute atomic E-state index is 15.3. The Balaban J connectivity index is 1.39. The summed E-state index contributed by atoms with van der Waals surface area (Å²) < 4.78 is 33.5. The monoisotopic (exact) mass is 502 g/mol. The number of carbonyl (C=O) groups excluding carboxylic acids is 1. The summed E-state index contributed by atoms with van der Waals surface area (Å²) in [4.78, 5) is 25.4. The zero-order valence-electron chi connectivity index (χ0n) is 18.2. The number of hydrogen-bond donors (Lipinski definition) is 0. The molecule has 5 rings (SSSR count). The molecule has 0 N–H and O–H groups in total. The lowest BCUT2D eigenvalue weighted by atomic mass is 10.1. The van der Waals surface area contributed by atoms with Crippen molar-refractivity contribution in [3.05, 3.63) is 63.8 Å². The van der Waals surface area contributed by atoms with Gasteiger partial charge in [-0.2, -0.15) is 16.3 Å². The number of aromatic nitrogens is 4. The molecule has 11 heteroatoms. The zero-order valence-corrected chi connectivity index (χ0v) is 19.8. The zero-order chi connectivity index (χ0) is 23.8. The smallest absolute Gasteiger partial charge is 0.338 e. The van der Waals surface area contributed by atoms with Crippen molar-refractivity contribution in [2.45, 2.75) is 31.5 Å². The minimum atomic E-state index is -1.55. The van der Waals surface area contributed by atoms with Crippen LogP contribution >= 0.6 is 22.9 Å². The first-order chi connectivity index (χ1) is 16.5. The van der Waals surface area contributed by atoms with Crippen molar-refractivity contribution >= 4 is 40.1 Å². The Morgan fingerprint density at radius 3 is 2.76 bits per heavy atom.